The molecule has 0 radical (unpaired) electrons. The Morgan fingerprint density at radius 1 is 0.271 bits per heavy atom. The van der Waals surface area contributed by atoms with Gasteiger partial charge in [0.1, 0.15) is 11.2 Å². The van der Waals surface area contributed by atoms with Gasteiger partial charge in [0.05, 0.1) is 11.4 Å². The molecule has 0 amide bonds. The van der Waals surface area contributed by atoms with Crippen LogP contribution in [-0.4, -0.2) is 0 Å². The molecule has 0 aliphatic carbocycles. The van der Waals surface area contributed by atoms with Crippen LogP contribution in [0.25, 0.3) is 87.7 Å². The second kappa shape index (κ2) is 16.4. The van der Waals surface area contributed by atoms with E-state index in [9.17, 15) is 0 Å². The van der Waals surface area contributed by atoms with E-state index in [2.05, 4.69) is 244 Å². The molecule has 0 saturated heterocycles. The highest BCUT2D eigenvalue weighted by Crippen LogP contribution is 2.50. The van der Waals surface area contributed by atoms with Crippen LogP contribution in [0.2, 0.25) is 0 Å². The summed E-state index contributed by atoms with van der Waals surface area (Å²) in [7, 11) is 0. The van der Waals surface area contributed by atoms with Crippen molar-refractivity contribution in [1.29, 1.82) is 0 Å². The summed E-state index contributed by atoms with van der Waals surface area (Å²) in [6, 6.07) is 79.2. The van der Waals surface area contributed by atoms with E-state index in [1.54, 1.807) is 0 Å². The number of benzene rings is 11. The molecule has 0 unspecified atom stereocenters. The van der Waals surface area contributed by atoms with Crippen LogP contribution in [0.4, 0.5) is 34.1 Å². The van der Waals surface area contributed by atoms with Crippen molar-refractivity contribution < 1.29 is 8.83 Å². The highest BCUT2D eigenvalue weighted by atomic mass is 16.3. The molecule has 13 rings (SSSR count). The highest BCUT2D eigenvalue weighted by Gasteiger charge is 2.25. The molecule has 0 spiro atoms. The van der Waals surface area contributed by atoms with Crippen molar-refractivity contribution in [2.24, 2.45) is 0 Å². The number of furan rings is 2. The Morgan fingerprint density at radius 2 is 0.643 bits per heavy atom. The van der Waals surface area contributed by atoms with Gasteiger partial charge in [-0.1, -0.05) is 146 Å². The average molecular weight is 901 g/mol. The maximum atomic E-state index is 6.78. The number of anilines is 6. The molecule has 0 atom stereocenters. The first-order valence-corrected chi connectivity index (χ1v) is 24.1. The van der Waals surface area contributed by atoms with Crippen LogP contribution in [0.5, 0.6) is 0 Å². The fourth-order valence-corrected chi connectivity index (χ4v) is 11.1. The molecule has 0 fully saturated rings. The number of rotatable bonds is 8. The van der Waals surface area contributed by atoms with Crippen LogP contribution in [0, 0.1) is 27.7 Å². The fraction of sp³-hybridized carbons (Fsp3) is 0.0606. The third kappa shape index (κ3) is 6.83. The Balaban J connectivity index is 1.12. The van der Waals surface area contributed by atoms with Crippen LogP contribution < -0.4 is 9.80 Å². The summed E-state index contributed by atoms with van der Waals surface area (Å²) in [6.45, 7) is 8.70. The number of hydrogen-bond donors (Lipinski definition) is 0. The van der Waals surface area contributed by atoms with Crippen molar-refractivity contribution in [3.05, 3.63) is 241 Å². The lowest BCUT2D eigenvalue weighted by molar-refractivity contribution is 0.668. The Hall–Kier alpha value is -8.86. The van der Waals surface area contributed by atoms with E-state index >= 15 is 0 Å². The second-order valence-corrected chi connectivity index (χ2v) is 18.8. The van der Waals surface area contributed by atoms with E-state index in [0.717, 1.165) is 111 Å². The van der Waals surface area contributed by atoms with Crippen LogP contribution in [0.1, 0.15) is 22.3 Å². The molecule has 4 nitrogen and oxygen atoms in total. The van der Waals surface area contributed by atoms with Gasteiger partial charge in [-0.25, -0.2) is 0 Å². The Bertz CT molecular complexity index is 3870. The lowest BCUT2D eigenvalue weighted by Gasteiger charge is -2.28. The Kier molecular flexibility index (Phi) is 9.70. The molecule has 4 heteroatoms. The molecular formula is C66H48N2O2. The SMILES string of the molecule is Cc1cc(C)cc(N(c2ccc3c(-c4ccccc4)c4cc(N(c5cc(C)cc(C)c5)c5cccc6c5oc5ccccc56)ccc4c(-c4ccccc4)c3c2)c2cccc3c2oc2ccccc23)c1. The molecule has 0 N–H and O–H groups in total. The van der Waals surface area contributed by atoms with Crippen molar-refractivity contribution in [3.63, 3.8) is 0 Å². The van der Waals surface area contributed by atoms with E-state index in [4.69, 9.17) is 8.83 Å². The molecular weight excluding hydrogens is 853 g/mol. The molecule has 0 aliphatic rings. The van der Waals surface area contributed by atoms with Gasteiger partial charge >= 0.3 is 0 Å². The first kappa shape index (κ1) is 41.3. The van der Waals surface area contributed by atoms with Crippen molar-refractivity contribution >= 4 is 99.5 Å². The first-order chi connectivity index (χ1) is 34.3. The summed E-state index contributed by atoms with van der Waals surface area (Å²) in [6.07, 6.45) is 0. The number of aryl methyl sites for hydroxylation is 4. The maximum absolute atomic E-state index is 6.78. The van der Waals surface area contributed by atoms with Gasteiger partial charge in [-0.05, 0) is 167 Å². The normalized spacial score (nSPS) is 11.7. The molecule has 2 aromatic heterocycles. The average Bonchev–Trinajstić information content (AvgIpc) is 3.96. The van der Waals surface area contributed by atoms with Gasteiger partial charge in [-0.2, -0.15) is 0 Å². The largest absolute Gasteiger partial charge is 0.454 e. The third-order valence-electron chi connectivity index (χ3n) is 13.9. The zero-order chi connectivity index (χ0) is 47.0. The van der Waals surface area contributed by atoms with Gasteiger partial charge in [-0.15, -0.1) is 0 Å². The number of para-hydroxylation sites is 4. The summed E-state index contributed by atoms with van der Waals surface area (Å²) < 4.78 is 13.6. The van der Waals surface area contributed by atoms with Crippen LogP contribution in [0.15, 0.2) is 227 Å². The van der Waals surface area contributed by atoms with Gasteiger partial charge < -0.3 is 18.6 Å². The monoisotopic (exact) mass is 900 g/mol. The lowest BCUT2D eigenvalue weighted by Crippen LogP contribution is -2.11. The second-order valence-electron chi connectivity index (χ2n) is 18.8. The van der Waals surface area contributed by atoms with Crippen molar-refractivity contribution in [2.45, 2.75) is 27.7 Å². The predicted molar refractivity (Wildman–Crippen MR) is 295 cm³/mol. The van der Waals surface area contributed by atoms with Crippen LogP contribution in [-0.2, 0) is 0 Å². The molecule has 0 saturated carbocycles. The van der Waals surface area contributed by atoms with E-state index in [1.165, 1.54) is 33.4 Å². The quantitative estimate of drug-likeness (QED) is 0.142. The summed E-state index contributed by atoms with van der Waals surface area (Å²) in [5.41, 5.74) is 19.1. The molecule has 0 aliphatic heterocycles. The Morgan fingerprint density at radius 3 is 1.06 bits per heavy atom. The van der Waals surface area contributed by atoms with E-state index in [0.29, 0.717) is 0 Å². The first-order valence-electron chi connectivity index (χ1n) is 24.1. The highest BCUT2D eigenvalue weighted by molar-refractivity contribution is 6.23. The zero-order valence-electron chi connectivity index (χ0n) is 39.5. The number of fused-ring (bicyclic) bond motifs is 8. The molecule has 0 bridgehead atoms. The van der Waals surface area contributed by atoms with Gasteiger partial charge in [-0.3, -0.25) is 0 Å². The smallest absolute Gasteiger partial charge is 0.159 e. The van der Waals surface area contributed by atoms with E-state index in [1.807, 2.05) is 12.1 Å². The minimum absolute atomic E-state index is 0.856. The minimum atomic E-state index is 0.856. The molecule has 334 valence electrons. The summed E-state index contributed by atoms with van der Waals surface area (Å²) in [5, 5.41) is 9.04. The van der Waals surface area contributed by atoms with Gasteiger partial charge in [0.15, 0.2) is 11.2 Å². The summed E-state index contributed by atoms with van der Waals surface area (Å²) in [5.74, 6) is 0. The summed E-state index contributed by atoms with van der Waals surface area (Å²) in [4.78, 5) is 4.77. The molecule has 13 aromatic rings. The molecule has 2 heterocycles. The number of nitrogens with zero attached hydrogens (tertiary/aromatic N) is 2. The Labute approximate surface area is 406 Å². The minimum Gasteiger partial charge on any atom is -0.454 e. The van der Waals surface area contributed by atoms with Gasteiger partial charge in [0.25, 0.3) is 0 Å². The number of hydrogen-bond acceptors (Lipinski definition) is 4. The lowest BCUT2D eigenvalue weighted by atomic mass is 9.85. The summed E-state index contributed by atoms with van der Waals surface area (Å²) >= 11 is 0. The topological polar surface area (TPSA) is 32.8 Å². The maximum Gasteiger partial charge on any atom is 0.159 e. The third-order valence-corrected chi connectivity index (χ3v) is 13.9. The van der Waals surface area contributed by atoms with Gasteiger partial charge in [0.2, 0.25) is 0 Å². The van der Waals surface area contributed by atoms with Crippen molar-refractivity contribution in [2.75, 3.05) is 9.80 Å². The van der Waals surface area contributed by atoms with Crippen molar-refractivity contribution in [3.8, 4) is 22.3 Å². The van der Waals surface area contributed by atoms with E-state index in [-0.39, 0.29) is 0 Å². The van der Waals surface area contributed by atoms with Crippen LogP contribution >= 0.6 is 0 Å². The molecule has 11 aromatic carbocycles. The van der Waals surface area contributed by atoms with Crippen molar-refractivity contribution in [1.82, 2.24) is 0 Å². The van der Waals surface area contributed by atoms with E-state index < -0.39 is 0 Å². The van der Waals surface area contributed by atoms with Crippen LogP contribution in [0.3, 0.4) is 0 Å². The van der Waals surface area contributed by atoms with Gasteiger partial charge in [0, 0.05) is 44.3 Å². The fourth-order valence-electron chi connectivity index (χ4n) is 11.1. The molecule has 70 heavy (non-hydrogen) atoms. The zero-order valence-corrected chi connectivity index (χ0v) is 39.5. The predicted octanol–water partition coefficient (Wildman–Crippen LogP) is 19.3. The standard InChI is InChI=1S/C66H48N2O2/c1-41-33-42(2)36-49(35-41)67(59-25-15-23-55-51-21-11-13-27-61(51)69-65(55)59)47-29-31-53-57(39-47)63(45-17-7-5-8-18-45)54-32-30-48(40-58(54)64(53)46-19-9-6-10-20-46)68(50-37-43(3)34-44(4)38-50)60-26-16-24-56-52-22-12-14-28-62(52)70-66(56)60/h5-40H,1-4H3.